The van der Waals surface area contributed by atoms with Gasteiger partial charge in [0.25, 0.3) is 0 Å². The normalized spacial score (nSPS) is 19.3. The Morgan fingerprint density at radius 2 is 1.51 bits per heavy atom. The summed E-state index contributed by atoms with van der Waals surface area (Å²) in [5.74, 6) is -0.807. The van der Waals surface area contributed by atoms with Crippen molar-refractivity contribution in [3.05, 3.63) is 29.3 Å². The first-order valence-corrected chi connectivity index (χ1v) is 11.7. The van der Waals surface area contributed by atoms with Crippen molar-refractivity contribution in [2.45, 2.75) is 75.7 Å². The Balaban J connectivity index is 1.55. The van der Waals surface area contributed by atoms with Gasteiger partial charge in [-0.25, -0.2) is 0 Å². The molecule has 0 bridgehead atoms. The fourth-order valence-electron chi connectivity index (χ4n) is 4.88. The molecule has 194 valence electrons. The number of piperidine rings is 1. The van der Waals surface area contributed by atoms with E-state index in [2.05, 4.69) is 17.0 Å². The van der Waals surface area contributed by atoms with Crippen LogP contribution in [0.15, 0.2) is 23.2 Å². The van der Waals surface area contributed by atoms with E-state index in [1.54, 1.807) is 4.90 Å². The minimum atomic E-state index is -4.99. The predicted octanol–water partition coefficient (Wildman–Crippen LogP) is 6.09. The highest BCUT2D eigenvalue weighted by atomic mass is 19.4. The maximum Gasteiger partial charge on any atom is 0.416 e. The maximum absolute atomic E-state index is 13.0. The predicted molar refractivity (Wildman–Crippen MR) is 119 cm³/mol. The van der Waals surface area contributed by atoms with Gasteiger partial charge >= 0.3 is 12.4 Å². The average Bonchev–Trinajstić information content (AvgIpc) is 2.78. The molecular weight excluding hydrogens is 476 g/mol. The number of carbonyl (C=O) groups is 2. The molecular formula is C24H29F6N3O2. The molecule has 35 heavy (non-hydrogen) atoms. The van der Waals surface area contributed by atoms with Crippen LogP contribution in [0.3, 0.4) is 0 Å². The molecule has 2 fully saturated rings. The molecule has 3 rings (SSSR count). The second kappa shape index (κ2) is 10.6. The van der Waals surface area contributed by atoms with E-state index in [9.17, 15) is 35.9 Å². The van der Waals surface area contributed by atoms with Crippen LogP contribution in [0.4, 0.5) is 32.0 Å². The standard InChI is InChI=1S/C24H29F6N3O2/c1-31-22(7-3-2-4-8-22)15-21(35)33-9-5-16(6-10-33)11-20(34)32-19-13-17(23(25,26)27)12-18(14-19)24(28,29)30/h12-14,16H,1-11,15H2,(H,32,34). The first kappa shape index (κ1) is 27.0. The summed E-state index contributed by atoms with van der Waals surface area (Å²) >= 11 is 0. The Morgan fingerprint density at radius 3 is 2.00 bits per heavy atom. The van der Waals surface area contributed by atoms with Gasteiger partial charge in [-0.3, -0.25) is 14.6 Å². The zero-order valence-electron chi connectivity index (χ0n) is 19.3. The Kier molecular flexibility index (Phi) is 8.16. The molecule has 1 aliphatic heterocycles. The number of alkyl halides is 6. The van der Waals surface area contributed by atoms with Gasteiger partial charge in [0.15, 0.2) is 0 Å². The van der Waals surface area contributed by atoms with Gasteiger partial charge in [0.2, 0.25) is 11.8 Å². The number of amides is 2. The maximum atomic E-state index is 13.0. The SMILES string of the molecule is C=NC1(CC(=O)N2CCC(CC(=O)Nc3cc(C(F)(F)F)cc(C(F)(F)F)c3)CC2)CCCCC1. The number of nitrogens with zero attached hydrogens (tertiary/aromatic N) is 2. The zero-order chi connectivity index (χ0) is 25.9. The number of likely N-dealkylation sites (tertiary alicyclic amines) is 1. The van der Waals surface area contributed by atoms with E-state index in [4.69, 9.17) is 0 Å². The highest BCUT2D eigenvalue weighted by molar-refractivity contribution is 5.91. The van der Waals surface area contributed by atoms with E-state index < -0.39 is 40.6 Å². The summed E-state index contributed by atoms with van der Waals surface area (Å²) in [4.78, 5) is 31.2. The second-order valence-electron chi connectivity index (χ2n) is 9.49. The molecule has 5 nitrogen and oxygen atoms in total. The quantitative estimate of drug-likeness (QED) is 0.376. The van der Waals surface area contributed by atoms with Crippen LogP contribution in [0, 0.1) is 5.92 Å². The Morgan fingerprint density at radius 1 is 0.971 bits per heavy atom. The van der Waals surface area contributed by atoms with E-state index in [1.165, 1.54) is 0 Å². The van der Waals surface area contributed by atoms with E-state index in [0.29, 0.717) is 44.5 Å². The third-order valence-corrected chi connectivity index (χ3v) is 6.91. The van der Waals surface area contributed by atoms with Crippen LogP contribution in [0.25, 0.3) is 0 Å². The van der Waals surface area contributed by atoms with Crippen LogP contribution < -0.4 is 5.32 Å². The minimum Gasteiger partial charge on any atom is -0.343 e. The summed E-state index contributed by atoms with van der Waals surface area (Å²) in [6, 6.07) is 0.994. The van der Waals surface area contributed by atoms with Gasteiger partial charge in [0.05, 0.1) is 23.1 Å². The fraction of sp³-hybridized carbons (Fsp3) is 0.625. The fourth-order valence-corrected chi connectivity index (χ4v) is 4.88. The number of halogens is 6. The Bertz CT molecular complexity index is 898. The molecule has 1 saturated carbocycles. The van der Waals surface area contributed by atoms with Crippen molar-refractivity contribution >= 4 is 24.2 Å². The number of nitrogens with one attached hydrogen (secondary N) is 1. The summed E-state index contributed by atoms with van der Waals surface area (Å²) in [6.45, 7) is 4.55. The first-order chi connectivity index (χ1) is 16.3. The molecule has 1 heterocycles. The van der Waals surface area contributed by atoms with Crippen LogP contribution in [-0.4, -0.2) is 42.1 Å². The summed E-state index contributed by atoms with van der Waals surface area (Å²) in [7, 11) is 0. The zero-order valence-corrected chi connectivity index (χ0v) is 19.3. The third kappa shape index (κ3) is 7.20. The number of aliphatic imine (C=N–C) groups is 1. The lowest BCUT2D eigenvalue weighted by molar-refractivity contribution is -0.143. The molecule has 0 unspecified atom stereocenters. The minimum absolute atomic E-state index is 0.00847. The highest BCUT2D eigenvalue weighted by Crippen LogP contribution is 2.38. The molecule has 1 aromatic rings. The van der Waals surface area contributed by atoms with Crippen molar-refractivity contribution in [3.63, 3.8) is 0 Å². The number of hydrogen-bond donors (Lipinski definition) is 1. The second-order valence-corrected chi connectivity index (χ2v) is 9.49. The number of rotatable bonds is 6. The van der Waals surface area contributed by atoms with E-state index >= 15 is 0 Å². The Hall–Kier alpha value is -2.59. The number of carbonyl (C=O) groups excluding carboxylic acids is 2. The smallest absolute Gasteiger partial charge is 0.343 e. The van der Waals surface area contributed by atoms with Gasteiger partial charge in [-0.15, -0.1) is 0 Å². The lowest BCUT2D eigenvalue weighted by Crippen LogP contribution is -2.43. The van der Waals surface area contributed by atoms with Crippen molar-refractivity contribution in [2.75, 3.05) is 18.4 Å². The number of anilines is 1. The summed E-state index contributed by atoms with van der Waals surface area (Å²) in [5, 5.41) is 2.18. The lowest BCUT2D eigenvalue weighted by Gasteiger charge is -2.37. The molecule has 0 atom stereocenters. The number of hydrogen-bond acceptors (Lipinski definition) is 3. The van der Waals surface area contributed by atoms with Crippen LogP contribution >= 0.6 is 0 Å². The lowest BCUT2D eigenvalue weighted by atomic mass is 9.79. The van der Waals surface area contributed by atoms with Gasteiger partial charge in [-0.05, 0) is 56.5 Å². The van der Waals surface area contributed by atoms with Crippen molar-refractivity contribution in [2.24, 2.45) is 10.9 Å². The van der Waals surface area contributed by atoms with Gasteiger partial charge in [-0.2, -0.15) is 26.3 Å². The topological polar surface area (TPSA) is 61.8 Å². The molecule has 2 aliphatic rings. The van der Waals surface area contributed by atoms with E-state index in [-0.39, 0.29) is 24.3 Å². The highest BCUT2D eigenvalue weighted by Gasteiger charge is 2.38. The van der Waals surface area contributed by atoms with Gasteiger partial charge in [-0.1, -0.05) is 19.3 Å². The van der Waals surface area contributed by atoms with Crippen LogP contribution in [-0.2, 0) is 21.9 Å². The molecule has 0 radical (unpaired) electrons. The molecule has 11 heteroatoms. The van der Waals surface area contributed by atoms with Crippen molar-refractivity contribution in [1.29, 1.82) is 0 Å². The molecule has 1 aliphatic carbocycles. The molecule has 1 aromatic carbocycles. The van der Waals surface area contributed by atoms with Crippen molar-refractivity contribution < 1.29 is 35.9 Å². The average molecular weight is 506 g/mol. The van der Waals surface area contributed by atoms with Crippen molar-refractivity contribution in [3.8, 4) is 0 Å². The van der Waals surface area contributed by atoms with Crippen LogP contribution in [0.1, 0.15) is 68.9 Å². The molecule has 2 amide bonds. The number of benzene rings is 1. The summed E-state index contributed by atoms with van der Waals surface area (Å²) < 4.78 is 78.1. The first-order valence-electron chi connectivity index (χ1n) is 11.7. The van der Waals surface area contributed by atoms with E-state index in [0.717, 1.165) is 32.1 Å². The monoisotopic (exact) mass is 505 g/mol. The largest absolute Gasteiger partial charge is 0.416 e. The van der Waals surface area contributed by atoms with Gasteiger partial charge < -0.3 is 10.2 Å². The Labute approximate surface area is 200 Å². The summed E-state index contributed by atoms with van der Waals surface area (Å²) in [6.07, 6.45) is -3.87. The van der Waals surface area contributed by atoms with Crippen LogP contribution in [0.2, 0.25) is 0 Å². The molecule has 1 N–H and O–H groups in total. The van der Waals surface area contributed by atoms with Crippen LogP contribution in [0.5, 0.6) is 0 Å². The van der Waals surface area contributed by atoms with E-state index in [1.807, 2.05) is 0 Å². The molecule has 1 saturated heterocycles. The molecule has 0 spiro atoms. The molecule has 0 aromatic heterocycles. The summed E-state index contributed by atoms with van der Waals surface area (Å²) in [5.41, 5.74) is -3.94. The van der Waals surface area contributed by atoms with Gasteiger partial charge in [0.1, 0.15) is 0 Å². The van der Waals surface area contributed by atoms with Crippen molar-refractivity contribution in [1.82, 2.24) is 4.90 Å². The third-order valence-electron chi connectivity index (χ3n) is 6.91. The van der Waals surface area contributed by atoms with Gasteiger partial charge in [0, 0.05) is 25.2 Å².